The standard InChI is InChI=1S/C26H22N2O3/c1-26(2)22(16-27-23(29)20-14-8-9-15-21(20)24(27)30)18-12-6-7-13-19(18)25(31)28(26)17-10-4-3-5-11-17/h3-15,22H,16H2,1-2H3. The monoisotopic (exact) mass is 410 g/mol. The normalized spacial score (nSPS) is 19.4. The molecule has 3 amide bonds. The Morgan fingerprint density at radius 2 is 1.19 bits per heavy atom. The largest absolute Gasteiger partial charge is 0.302 e. The maximum absolute atomic E-state index is 13.5. The molecule has 0 spiro atoms. The summed E-state index contributed by atoms with van der Waals surface area (Å²) in [5.74, 6) is -0.886. The van der Waals surface area contributed by atoms with E-state index < -0.39 is 5.54 Å². The molecule has 3 aromatic rings. The van der Waals surface area contributed by atoms with Crippen molar-refractivity contribution in [1.29, 1.82) is 0 Å². The van der Waals surface area contributed by atoms with Gasteiger partial charge in [0, 0.05) is 23.7 Å². The van der Waals surface area contributed by atoms with Crippen molar-refractivity contribution in [2.75, 3.05) is 11.4 Å². The number of rotatable bonds is 3. The Morgan fingerprint density at radius 1 is 0.677 bits per heavy atom. The van der Waals surface area contributed by atoms with Crippen LogP contribution in [0.1, 0.15) is 56.4 Å². The lowest BCUT2D eigenvalue weighted by molar-refractivity contribution is 0.0628. The van der Waals surface area contributed by atoms with Gasteiger partial charge in [0.05, 0.1) is 16.7 Å². The molecule has 2 aliphatic heterocycles. The topological polar surface area (TPSA) is 57.7 Å². The molecule has 2 heterocycles. The molecule has 0 fully saturated rings. The Kier molecular flexibility index (Phi) is 4.29. The first-order valence-corrected chi connectivity index (χ1v) is 10.3. The molecule has 0 saturated carbocycles. The molecule has 5 heteroatoms. The lowest BCUT2D eigenvalue weighted by atomic mass is 9.74. The molecular formula is C26H22N2O3. The number of carbonyl (C=O) groups is 3. The summed E-state index contributed by atoms with van der Waals surface area (Å²) in [6, 6.07) is 23.9. The fraction of sp³-hybridized carbons (Fsp3) is 0.192. The van der Waals surface area contributed by atoms with Gasteiger partial charge in [-0.15, -0.1) is 0 Å². The van der Waals surface area contributed by atoms with E-state index >= 15 is 0 Å². The van der Waals surface area contributed by atoms with Gasteiger partial charge in [-0.05, 0) is 49.7 Å². The van der Waals surface area contributed by atoms with Crippen LogP contribution in [0.25, 0.3) is 0 Å². The molecule has 5 nitrogen and oxygen atoms in total. The van der Waals surface area contributed by atoms with Crippen LogP contribution in [0.4, 0.5) is 5.69 Å². The van der Waals surface area contributed by atoms with Crippen LogP contribution in [0.2, 0.25) is 0 Å². The number of imide groups is 1. The third kappa shape index (κ3) is 2.81. The van der Waals surface area contributed by atoms with Crippen molar-refractivity contribution in [2.45, 2.75) is 25.3 Å². The van der Waals surface area contributed by atoms with Gasteiger partial charge in [0.1, 0.15) is 0 Å². The SMILES string of the molecule is CC1(C)C(CN2C(=O)c3ccccc3C2=O)c2ccccc2C(=O)N1c1ccccc1. The number of hydrogen-bond acceptors (Lipinski definition) is 3. The third-order valence-corrected chi connectivity index (χ3v) is 6.46. The van der Waals surface area contributed by atoms with Crippen molar-refractivity contribution in [2.24, 2.45) is 0 Å². The van der Waals surface area contributed by atoms with Crippen LogP contribution < -0.4 is 4.90 Å². The smallest absolute Gasteiger partial charge is 0.261 e. The predicted octanol–water partition coefficient (Wildman–Crippen LogP) is 4.51. The van der Waals surface area contributed by atoms with E-state index in [1.165, 1.54) is 4.90 Å². The van der Waals surface area contributed by atoms with E-state index in [0.29, 0.717) is 16.7 Å². The number of anilines is 1. The third-order valence-electron chi connectivity index (χ3n) is 6.46. The van der Waals surface area contributed by atoms with Gasteiger partial charge in [0.2, 0.25) is 0 Å². The Morgan fingerprint density at radius 3 is 1.81 bits per heavy atom. The molecule has 0 radical (unpaired) electrons. The minimum absolute atomic E-state index is 0.0783. The van der Waals surface area contributed by atoms with Crippen LogP contribution in [-0.2, 0) is 0 Å². The predicted molar refractivity (Wildman–Crippen MR) is 118 cm³/mol. The summed E-state index contributed by atoms with van der Waals surface area (Å²) in [6.07, 6.45) is 0. The minimum atomic E-state index is -0.665. The van der Waals surface area contributed by atoms with Gasteiger partial charge in [-0.25, -0.2) is 0 Å². The molecule has 5 rings (SSSR count). The van der Waals surface area contributed by atoms with E-state index in [9.17, 15) is 14.4 Å². The van der Waals surface area contributed by atoms with Crippen molar-refractivity contribution in [3.05, 3.63) is 101 Å². The molecule has 0 aliphatic carbocycles. The van der Waals surface area contributed by atoms with Gasteiger partial charge >= 0.3 is 0 Å². The maximum atomic E-state index is 13.5. The van der Waals surface area contributed by atoms with E-state index in [4.69, 9.17) is 0 Å². The van der Waals surface area contributed by atoms with Gasteiger partial charge in [-0.2, -0.15) is 0 Å². The summed E-state index contributed by atoms with van der Waals surface area (Å²) in [5.41, 5.74) is 2.46. The molecule has 1 unspecified atom stereocenters. The van der Waals surface area contributed by atoms with Crippen LogP contribution in [0.3, 0.4) is 0 Å². The molecular weight excluding hydrogens is 388 g/mol. The highest BCUT2D eigenvalue weighted by Crippen LogP contribution is 2.44. The quantitative estimate of drug-likeness (QED) is 0.597. The molecule has 0 N–H and O–H groups in total. The number of benzene rings is 3. The second-order valence-electron chi connectivity index (χ2n) is 8.54. The molecule has 2 aliphatic rings. The van der Waals surface area contributed by atoms with Crippen LogP contribution >= 0.6 is 0 Å². The fourth-order valence-electron chi connectivity index (χ4n) is 4.85. The Bertz CT molecular complexity index is 1180. The molecule has 3 aromatic carbocycles. The van der Waals surface area contributed by atoms with Gasteiger partial charge < -0.3 is 4.90 Å². The zero-order valence-corrected chi connectivity index (χ0v) is 17.4. The summed E-state index contributed by atoms with van der Waals surface area (Å²) in [5, 5.41) is 0. The summed E-state index contributed by atoms with van der Waals surface area (Å²) in [7, 11) is 0. The van der Waals surface area contributed by atoms with Gasteiger partial charge in [-0.3, -0.25) is 19.3 Å². The Labute approximate surface area is 180 Å². The van der Waals surface area contributed by atoms with Crippen molar-refractivity contribution in [3.63, 3.8) is 0 Å². The number of carbonyl (C=O) groups excluding carboxylic acids is 3. The lowest BCUT2D eigenvalue weighted by Crippen LogP contribution is -2.58. The first-order valence-electron chi connectivity index (χ1n) is 10.3. The van der Waals surface area contributed by atoms with Crippen LogP contribution in [-0.4, -0.2) is 34.7 Å². The number of hydrogen-bond donors (Lipinski definition) is 0. The van der Waals surface area contributed by atoms with E-state index in [0.717, 1.165) is 11.3 Å². The molecule has 154 valence electrons. The highest BCUT2D eigenvalue weighted by atomic mass is 16.2. The number of fused-ring (bicyclic) bond motifs is 2. The van der Waals surface area contributed by atoms with Crippen LogP contribution in [0.15, 0.2) is 78.9 Å². The highest BCUT2D eigenvalue weighted by Gasteiger charge is 2.48. The van der Waals surface area contributed by atoms with Crippen molar-refractivity contribution in [3.8, 4) is 0 Å². The van der Waals surface area contributed by atoms with Crippen molar-refractivity contribution in [1.82, 2.24) is 4.90 Å². The fourth-order valence-corrected chi connectivity index (χ4v) is 4.85. The highest BCUT2D eigenvalue weighted by molar-refractivity contribution is 6.21. The molecule has 0 aromatic heterocycles. The average Bonchev–Trinajstić information content (AvgIpc) is 3.02. The van der Waals surface area contributed by atoms with Gasteiger partial charge in [0.25, 0.3) is 17.7 Å². The van der Waals surface area contributed by atoms with Crippen molar-refractivity contribution < 1.29 is 14.4 Å². The van der Waals surface area contributed by atoms with E-state index in [1.807, 2.05) is 68.4 Å². The van der Waals surface area contributed by atoms with Crippen molar-refractivity contribution >= 4 is 23.4 Å². The summed E-state index contributed by atoms with van der Waals surface area (Å²) < 4.78 is 0. The molecule has 0 saturated heterocycles. The van der Waals surface area contributed by atoms with E-state index in [-0.39, 0.29) is 30.2 Å². The molecule has 1 atom stereocenters. The number of para-hydroxylation sites is 1. The maximum Gasteiger partial charge on any atom is 0.261 e. The number of nitrogens with zero attached hydrogens (tertiary/aromatic N) is 2. The molecule has 0 bridgehead atoms. The zero-order chi connectivity index (χ0) is 21.8. The van der Waals surface area contributed by atoms with Crippen LogP contribution in [0.5, 0.6) is 0 Å². The van der Waals surface area contributed by atoms with Crippen LogP contribution in [0, 0.1) is 0 Å². The summed E-state index contributed by atoms with van der Waals surface area (Å²) in [6.45, 7) is 4.19. The van der Waals surface area contributed by atoms with Gasteiger partial charge in [0.15, 0.2) is 0 Å². The zero-order valence-electron chi connectivity index (χ0n) is 17.4. The number of amides is 3. The summed E-state index contributed by atoms with van der Waals surface area (Å²) >= 11 is 0. The average molecular weight is 410 g/mol. The Hall–Kier alpha value is -3.73. The van der Waals surface area contributed by atoms with Gasteiger partial charge in [-0.1, -0.05) is 48.5 Å². The van der Waals surface area contributed by atoms with E-state index in [1.54, 1.807) is 29.2 Å². The summed E-state index contributed by atoms with van der Waals surface area (Å²) in [4.78, 5) is 42.7. The second kappa shape index (κ2) is 6.91. The molecule has 31 heavy (non-hydrogen) atoms. The lowest BCUT2D eigenvalue weighted by Gasteiger charge is -2.49. The minimum Gasteiger partial charge on any atom is -0.302 e. The Balaban J connectivity index is 1.61. The van der Waals surface area contributed by atoms with E-state index in [2.05, 4.69) is 0 Å². The first kappa shape index (κ1) is 19.2. The first-order chi connectivity index (χ1) is 14.9. The second-order valence-corrected chi connectivity index (χ2v) is 8.54.